The third-order valence-electron chi connectivity index (χ3n) is 3.90. The lowest BCUT2D eigenvalue weighted by molar-refractivity contribution is -0.300. The molecule has 3 aromatic rings. The number of benzene rings is 2. The molecule has 1 unspecified atom stereocenters. The molecule has 1 aromatic heterocycles. The summed E-state index contributed by atoms with van der Waals surface area (Å²) in [5.74, 6) is -0.214. The molecule has 0 bridgehead atoms. The molecule has 0 fully saturated rings. The molecule has 3 rings (SSSR count). The molecule has 0 aliphatic rings. The van der Waals surface area contributed by atoms with Gasteiger partial charge in [-0.05, 0) is 34.1 Å². The second-order valence-corrected chi connectivity index (χ2v) is 7.22. The Bertz CT molecular complexity index is 1040. The maximum absolute atomic E-state index is 13.2. The zero-order valence-electron chi connectivity index (χ0n) is 14.2. The predicted octanol–water partition coefficient (Wildman–Crippen LogP) is 3.69. The summed E-state index contributed by atoms with van der Waals surface area (Å²) in [6.45, 7) is 0. The van der Waals surface area contributed by atoms with Crippen molar-refractivity contribution in [2.24, 2.45) is 0 Å². The number of pyridine rings is 1. The molecule has 0 aliphatic heterocycles. The van der Waals surface area contributed by atoms with Crippen molar-refractivity contribution in [2.45, 2.75) is 4.90 Å². The van der Waals surface area contributed by atoms with Crippen LogP contribution in [0.5, 0.6) is 5.75 Å². The van der Waals surface area contributed by atoms with Crippen LogP contribution in [0.2, 0.25) is 0 Å². The fraction of sp³-hybridized carbons (Fsp3) is 0.0476. The average molecular weight is 361 g/mol. The number of hydrogen-bond donors (Lipinski definition) is 1. The van der Waals surface area contributed by atoms with Crippen molar-refractivity contribution in [3.63, 3.8) is 0 Å². The number of carbonyl (C=O) groups excluding carboxylic acids is 1. The fourth-order valence-electron chi connectivity index (χ4n) is 2.61. The van der Waals surface area contributed by atoms with E-state index in [0.29, 0.717) is 10.5 Å². The summed E-state index contributed by atoms with van der Waals surface area (Å²) in [5, 5.41) is 10.1. The number of amides is 1. The first kappa shape index (κ1) is 17.6. The molecule has 5 heteroatoms. The normalized spacial score (nSPS) is 12.1. The molecule has 4 nitrogen and oxygen atoms in total. The average Bonchev–Trinajstić information content (AvgIpc) is 2.69. The summed E-state index contributed by atoms with van der Waals surface area (Å²) in [4.78, 5) is 17.9. The van der Waals surface area contributed by atoms with E-state index in [1.165, 1.54) is 10.1 Å². The molecule has 1 amide bonds. The Morgan fingerprint density at radius 3 is 2.50 bits per heavy atom. The zero-order chi connectivity index (χ0) is 18.5. The first-order valence-electron chi connectivity index (χ1n) is 7.87. The lowest BCUT2D eigenvalue weighted by atomic mass is 10.0. The van der Waals surface area contributed by atoms with Crippen molar-refractivity contribution < 1.29 is 13.8 Å². The van der Waals surface area contributed by atoms with Gasteiger partial charge in [0.15, 0.2) is 0 Å². The molecular formula is C21H17N2O2S+. The van der Waals surface area contributed by atoms with Gasteiger partial charge >= 0.3 is 5.91 Å². The van der Waals surface area contributed by atoms with Gasteiger partial charge in [0.25, 0.3) is 0 Å². The van der Waals surface area contributed by atoms with Gasteiger partial charge in [-0.1, -0.05) is 42.5 Å². The van der Waals surface area contributed by atoms with Crippen LogP contribution in [-0.2, 0) is 10.7 Å². The first-order chi connectivity index (χ1) is 12.6. The molecule has 0 radical (unpaired) electrons. The summed E-state index contributed by atoms with van der Waals surface area (Å²) in [6.07, 6.45) is 10.6. The number of hydrogen-bond acceptors (Lipinski definition) is 3. The van der Waals surface area contributed by atoms with Crippen LogP contribution in [0.15, 0.2) is 78.0 Å². The van der Waals surface area contributed by atoms with E-state index < -0.39 is 10.7 Å². The van der Waals surface area contributed by atoms with Gasteiger partial charge in [0.2, 0.25) is 6.04 Å². The van der Waals surface area contributed by atoms with Crippen LogP contribution in [-0.4, -0.2) is 26.2 Å². The standard InChI is InChI=1S/C21H16N2O2S/c1-3-23(26(2)20-12-8-7-11-19(20)24)21(25)18-15-22-14-13-17(18)16-9-5-4-6-10-16/h1,4-15H,2H3/p+1. The van der Waals surface area contributed by atoms with Gasteiger partial charge in [0.05, 0.1) is 10.7 Å². The Kier molecular flexibility index (Phi) is 5.26. The Labute approximate surface area is 154 Å². The van der Waals surface area contributed by atoms with Gasteiger partial charge in [0.1, 0.15) is 16.2 Å². The molecule has 0 saturated carbocycles. The largest absolute Gasteiger partial charge is 0.507 e. The number of nitrogens with zero attached hydrogens (tertiary/aromatic N) is 2. The SMILES string of the molecule is C#C[N+](C(=O)c1cnccc1-c1ccccc1)=S(C)c1ccccc1O. The van der Waals surface area contributed by atoms with Crippen LogP contribution in [0.1, 0.15) is 10.4 Å². The number of carbonyl (C=O) groups is 1. The smallest absolute Gasteiger partial charge is 0.443 e. The number of phenolic OH excluding ortho intramolecular Hbond substituents is 1. The lowest BCUT2D eigenvalue weighted by Gasteiger charge is -2.07. The molecule has 2 aromatic carbocycles. The molecule has 0 spiro atoms. The highest BCUT2D eigenvalue weighted by molar-refractivity contribution is 7.84. The van der Waals surface area contributed by atoms with Crippen molar-refractivity contribution >= 4 is 16.6 Å². The molecule has 128 valence electrons. The van der Waals surface area contributed by atoms with Gasteiger partial charge in [-0.2, -0.15) is 0 Å². The summed E-state index contributed by atoms with van der Waals surface area (Å²) >= 11 is 0. The molecular weight excluding hydrogens is 344 g/mol. The Balaban J connectivity index is 2.14. The maximum atomic E-state index is 13.2. The highest BCUT2D eigenvalue weighted by Gasteiger charge is 2.27. The second-order valence-electron chi connectivity index (χ2n) is 5.46. The minimum absolute atomic E-state index is 0.112. The van der Waals surface area contributed by atoms with Crippen molar-refractivity contribution in [1.29, 1.82) is 0 Å². The van der Waals surface area contributed by atoms with Gasteiger partial charge in [-0.15, -0.1) is 0 Å². The highest BCUT2D eigenvalue weighted by atomic mass is 32.2. The van der Waals surface area contributed by atoms with Crippen LogP contribution in [0.3, 0.4) is 0 Å². The van der Waals surface area contributed by atoms with Gasteiger partial charge in [-0.3, -0.25) is 4.98 Å². The van der Waals surface area contributed by atoms with E-state index in [1.807, 2.05) is 36.6 Å². The first-order valence-corrected chi connectivity index (χ1v) is 9.46. The number of aromatic hydroxyl groups is 1. The summed E-state index contributed by atoms with van der Waals surface area (Å²) in [5.41, 5.74) is 2.10. The zero-order valence-corrected chi connectivity index (χ0v) is 15.0. The van der Waals surface area contributed by atoms with Crippen molar-refractivity contribution in [2.75, 3.05) is 6.26 Å². The number of para-hydroxylation sites is 1. The summed E-state index contributed by atoms with van der Waals surface area (Å²) < 4.78 is 1.30. The van der Waals surface area contributed by atoms with Gasteiger partial charge < -0.3 is 5.11 Å². The second kappa shape index (κ2) is 7.77. The number of phenols is 1. The molecule has 1 atom stereocenters. The Morgan fingerprint density at radius 2 is 1.81 bits per heavy atom. The van der Waals surface area contributed by atoms with Crippen molar-refractivity contribution in [3.05, 3.63) is 78.6 Å². The number of terminal acetylenes is 1. The third-order valence-corrected chi connectivity index (χ3v) is 5.70. The highest BCUT2D eigenvalue weighted by Crippen LogP contribution is 2.25. The third kappa shape index (κ3) is 3.41. The van der Waals surface area contributed by atoms with Crippen molar-refractivity contribution in [3.8, 4) is 29.3 Å². The minimum Gasteiger partial charge on any atom is -0.507 e. The topological polar surface area (TPSA) is 53.2 Å². The fourth-order valence-corrected chi connectivity index (χ4v) is 3.96. The van der Waals surface area contributed by atoms with Gasteiger partial charge in [0, 0.05) is 24.2 Å². The van der Waals surface area contributed by atoms with E-state index in [1.54, 1.807) is 36.5 Å². The Hall–Kier alpha value is -3.23. The predicted molar refractivity (Wildman–Crippen MR) is 103 cm³/mol. The Morgan fingerprint density at radius 1 is 1.12 bits per heavy atom. The molecule has 26 heavy (non-hydrogen) atoms. The lowest BCUT2D eigenvalue weighted by Crippen LogP contribution is -2.21. The number of rotatable bonds is 3. The van der Waals surface area contributed by atoms with Gasteiger partial charge in [-0.25, -0.2) is 4.79 Å². The van der Waals surface area contributed by atoms with E-state index >= 15 is 0 Å². The van der Waals surface area contributed by atoms with Crippen LogP contribution in [0.4, 0.5) is 0 Å². The summed E-state index contributed by atoms with van der Waals surface area (Å²) in [7, 11) is -0.808. The van der Waals surface area contributed by atoms with Crippen LogP contribution in [0, 0.1) is 12.5 Å². The van der Waals surface area contributed by atoms with E-state index in [-0.39, 0.29) is 11.7 Å². The van der Waals surface area contributed by atoms with E-state index in [9.17, 15) is 9.90 Å². The minimum atomic E-state index is -0.808. The maximum Gasteiger partial charge on any atom is 0.443 e. The monoisotopic (exact) mass is 361 g/mol. The van der Waals surface area contributed by atoms with E-state index in [0.717, 1.165) is 11.1 Å². The summed E-state index contributed by atoms with van der Waals surface area (Å²) in [6, 6.07) is 20.7. The van der Waals surface area contributed by atoms with Crippen LogP contribution >= 0.6 is 0 Å². The number of aromatic nitrogens is 1. The quantitative estimate of drug-likeness (QED) is 0.440. The van der Waals surface area contributed by atoms with Crippen LogP contribution in [0.25, 0.3) is 11.1 Å². The molecule has 0 saturated heterocycles. The van der Waals surface area contributed by atoms with E-state index in [4.69, 9.17) is 6.42 Å². The molecule has 1 heterocycles. The van der Waals surface area contributed by atoms with E-state index in [2.05, 4.69) is 11.0 Å². The molecule has 0 aliphatic carbocycles. The van der Waals surface area contributed by atoms with Crippen molar-refractivity contribution in [1.82, 2.24) is 4.98 Å². The van der Waals surface area contributed by atoms with Crippen LogP contribution < -0.4 is 0 Å². The molecule has 1 N–H and O–H groups in total.